The molecule has 0 radical (unpaired) electrons. The standard InChI is InChI=1S/C17H18FN5O3S/c1-3-9(2)23-15(25)17(6-7-17)22(16(23)26)8-12-20-21-14(27-12)11-5-4-10(18)13(24)19-11/h4-5,9H,3,6-8H2,1-2H3,(H,19,24)/t9-/m1/s1. The van der Waals surface area contributed by atoms with Crippen LogP contribution in [0.25, 0.3) is 10.7 Å². The van der Waals surface area contributed by atoms with Crippen molar-refractivity contribution in [1.29, 1.82) is 0 Å². The highest BCUT2D eigenvalue weighted by molar-refractivity contribution is 7.14. The minimum absolute atomic E-state index is 0.130. The highest BCUT2D eigenvalue weighted by Gasteiger charge is 2.65. The van der Waals surface area contributed by atoms with Gasteiger partial charge in [0, 0.05) is 6.04 Å². The maximum Gasteiger partial charge on any atom is 0.328 e. The molecule has 2 fully saturated rings. The molecular weight excluding hydrogens is 373 g/mol. The second-order valence-corrected chi connectivity index (χ2v) is 7.94. The van der Waals surface area contributed by atoms with Crippen molar-refractivity contribution in [3.8, 4) is 10.7 Å². The first-order valence-corrected chi connectivity index (χ1v) is 9.56. The van der Waals surface area contributed by atoms with E-state index < -0.39 is 16.9 Å². The van der Waals surface area contributed by atoms with E-state index in [2.05, 4.69) is 15.2 Å². The molecule has 0 aromatic carbocycles. The van der Waals surface area contributed by atoms with E-state index in [4.69, 9.17) is 0 Å². The van der Waals surface area contributed by atoms with E-state index in [9.17, 15) is 18.8 Å². The first-order chi connectivity index (χ1) is 12.9. The third-order valence-corrected chi connectivity index (χ3v) is 6.12. The Hall–Kier alpha value is -2.62. The molecule has 8 nitrogen and oxygen atoms in total. The SMILES string of the molecule is CC[C@@H](C)N1C(=O)N(Cc2nnc(-c3ccc(F)c(=O)[nH]3)s2)C2(CC2)C1=O. The minimum atomic E-state index is -0.870. The van der Waals surface area contributed by atoms with Crippen molar-refractivity contribution in [2.75, 3.05) is 0 Å². The van der Waals surface area contributed by atoms with E-state index in [0.717, 1.165) is 6.07 Å². The van der Waals surface area contributed by atoms with Gasteiger partial charge in [0.05, 0.1) is 12.2 Å². The Morgan fingerprint density at radius 3 is 2.67 bits per heavy atom. The Kier molecular flexibility index (Phi) is 4.10. The lowest BCUT2D eigenvalue weighted by Gasteiger charge is -2.21. The van der Waals surface area contributed by atoms with E-state index in [1.54, 1.807) is 4.90 Å². The lowest BCUT2D eigenvalue weighted by atomic mass is 10.2. The predicted octanol–water partition coefficient (Wildman–Crippen LogP) is 2.13. The number of hydrogen-bond donors (Lipinski definition) is 1. The summed E-state index contributed by atoms with van der Waals surface area (Å²) < 4.78 is 13.1. The molecule has 1 aliphatic heterocycles. The molecule has 0 unspecified atom stereocenters. The summed E-state index contributed by atoms with van der Waals surface area (Å²) in [4.78, 5) is 42.4. The monoisotopic (exact) mass is 391 g/mol. The highest BCUT2D eigenvalue weighted by atomic mass is 32.1. The van der Waals surface area contributed by atoms with Crippen LogP contribution in [-0.4, -0.2) is 48.5 Å². The molecule has 10 heteroatoms. The number of imide groups is 1. The van der Waals surface area contributed by atoms with Gasteiger partial charge in [-0.2, -0.15) is 0 Å². The maximum absolute atomic E-state index is 13.1. The number of hydrogen-bond acceptors (Lipinski definition) is 6. The van der Waals surface area contributed by atoms with Crippen LogP contribution in [0.15, 0.2) is 16.9 Å². The Labute approximate surface area is 158 Å². The highest BCUT2D eigenvalue weighted by Crippen LogP contribution is 2.49. The van der Waals surface area contributed by atoms with Gasteiger partial charge in [0.15, 0.2) is 10.8 Å². The third-order valence-electron chi connectivity index (χ3n) is 5.18. The van der Waals surface area contributed by atoms with Crippen molar-refractivity contribution in [1.82, 2.24) is 25.0 Å². The molecule has 1 atom stereocenters. The number of urea groups is 1. The van der Waals surface area contributed by atoms with Crippen LogP contribution in [0.3, 0.4) is 0 Å². The number of nitrogens with zero attached hydrogens (tertiary/aromatic N) is 4. The van der Waals surface area contributed by atoms with Crippen molar-refractivity contribution in [3.63, 3.8) is 0 Å². The van der Waals surface area contributed by atoms with Crippen LogP contribution in [0.1, 0.15) is 38.1 Å². The van der Waals surface area contributed by atoms with Crippen LogP contribution in [0, 0.1) is 5.82 Å². The summed E-state index contributed by atoms with van der Waals surface area (Å²) in [5.74, 6) is -1.00. The van der Waals surface area contributed by atoms with Crippen LogP contribution in [0.2, 0.25) is 0 Å². The summed E-state index contributed by atoms with van der Waals surface area (Å²) in [6, 6.07) is 2.04. The van der Waals surface area contributed by atoms with Crippen molar-refractivity contribution in [3.05, 3.63) is 33.3 Å². The Balaban J connectivity index is 1.59. The average Bonchev–Trinajstić information content (AvgIpc) is 3.27. The summed E-state index contributed by atoms with van der Waals surface area (Å²) in [5, 5.41) is 9.07. The summed E-state index contributed by atoms with van der Waals surface area (Å²) >= 11 is 1.20. The molecule has 2 aliphatic rings. The molecule has 0 bridgehead atoms. The number of halogens is 1. The summed E-state index contributed by atoms with van der Waals surface area (Å²) in [5.41, 5.74) is -1.21. The number of carbonyl (C=O) groups is 2. The molecule has 4 rings (SSSR count). The van der Waals surface area contributed by atoms with E-state index >= 15 is 0 Å². The van der Waals surface area contributed by atoms with Crippen LogP contribution < -0.4 is 5.56 Å². The van der Waals surface area contributed by atoms with Crippen LogP contribution in [-0.2, 0) is 11.3 Å². The topological polar surface area (TPSA) is 99.3 Å². The van der Waals surface area contributed by atoms with E-state index in [1.807, 2.05) is 13.8 Å². The smallest absolute Gasteiger partial charge is 0.317 e. The quantitative estimate of drug-likeness (QED) is 0.787. The molecule has 2 aromatic rings. The molecule has 3 heterocycles. The van der Waals surface area contributed by atoms with Crippen molar-refractivity contribution >= 4 is 23.3 Å². The zero-order valence-electron chi connectivity index (χ0n) is 14.9. The number of nitrogens with one attached hydrogen (secondary N) is 1. The number of aromatic amines is 1. The molecular formula is C17H18FN5O3S. The molecule has 27 heavy (non-hydrogen) atoms. The van der Waals surface area contributed by atoms with Crippen LogP contribution in [0.5, 0.6) is 0 Å². The number of aromatic nitrogens is 3. The van der Waals surface area contributed by atoms with E-state index in [0.29, 0.717) is 35.0 Å². The van der Waals surface area contributed by atoms with Crippen molar-refractivity contribution < 1.29 is 14.0 Å². The van der Waals surface area contributed by atoms with Gasteiger partial charge in [0.2, 0.25) is 0 Å². The maximum atomic E-state index is 13.1. The van der Waals surface area contributed by atoms with Crippen LogP contribution in [0.4, 0.5) is 9.18 Å². The lowest BCUT2D eigenvalue weighted by Crippen LogP contribution is -2.39. The number of carbonyl (C=O) groups excluding carboxylic acids is 2. The van der Waals surface area contributed by atoms with Crippen LogP contribution >= 0.6 is 11.3 Å². The van der Waals surface area contributed by atoms with Gasteiger partial charge in [0.1, 0.15) is 10.5 Å². The summed E-state index contributed by atoms with van der Waals surface area (Å²) in [6.07, 6.45) is 2.01. The number of rotatable bonds is 5. The van der Waals surface area contributed by atoms with Gasteiger partial charge in [-0.15, -0.1) is 10.2 Å². The second-order valence-electron chi connectivity index (χ2n) is 6.88. The number of H-pyrrole nitrogens is 1. The van der Waals surface area contributed by atoms with Crippen molar-refractivity contribution in [2.45, 2.75) is 51.2 Å². The first-order valence-electron chi connectivity index (χ1n) is 8.74. The van der Waals surface area contributed by atoms with Gasteiger partial charge in [-0.3, -0.25) is 14.5 Å². The average molecular weight is 391 g/mol. The molecule has 1 N–H and O–H groups in total. The number of pyridine rings is 1. The normalized spacial score (nSPS) is 19.2. The zero-order chi connectivity index (χ0) is 19.3. The first kappa shape index (κ1) is 17.8. The predicted molar refractivity (Wildman–Crippen MR) is 95.4 cm³/mol. The Morgan fingerprint density at radius 1 is 1.30 bits per heavy atom. The molecule has 142 valence electrons. The fourth-order valence-electron chi connectivity index (χ4n) is 3.27. The largest absolute Gasteiger partial charge is 0.328 e. The second kappa shape index (κ2) is 6.22. The van der Waals surface area contributed by atoms with Gasteiger partial charge in [0.25, 0.3) is 11.5 Å². The van der Waals surface area contributed by atoms with E-state index in [1.165, 1.54) is 22.3 Å². The molecule has 1 saturated heterocycles. The van der Waals surface area contributed by atoms with Crippen molar-refractivity contribution in [2.24, 2.45) is 0 Å². The van der Waals surface area contributed by atoms with Gasteiger partial charge in [-0.25, -0.2) is 9.18 Å². The Bertz CT molecular complexity index is 983. The van der Waals surface area contributed by atoms with Gasteiger partial charge < -0.3 is 9.88 Å². The number of amides is 3. The summed E-state index contributed by atoms with van der Waals surface area (Å²) in [7, 11) is 0. The molecule has 3 amide bonds. The molecule has 2 aromatic heterocycles. The van der Waals surface area contributed by atoms with Gasteiger partial charge in [-0.1, -0.05) is 18.3 Å². The fourth-order valence-corrected chi connectivity index (χ4v) is 4.08. The molecule has 1 spiro atoms. The minimum Gasteiger partial charge on any atom is -0.317 e. The Morgan fingerprint density at radius 2 is 2.04 bits per heavy atom. The van der Waals surface area contributed by atoms with Gasteiger partial charge >= 0.3 is 6.03 Å². The van der Waals surface area contributed by atoms with E-state index in [-0.39, 0.29) is 24.5 Å². The molecule has 1 aliphatic carbocycles. The third kappa shape index (κ3) is 2.75. The summed E-state index contributed by atoms with van der Waals surface area (Å²) in [6.45, 7) is 3.98. The fraction of sp³-hybridized carbons (Fsp3) is 0.471. The van der Waals surface area contributed by atoms with Gasteiger partial charge in [-0.05, 0) is 38.3 Å². The zero-order valence-corrected chi connectivity index (χ0v) is 15.7. The lowest BCUT2D eigenvalue weighted by molar-refractivity contribution is -0.130. The molecule has 1 saturated carbocycles.